The molecule has 0 radical (unpaired) electrons. The number of alkyl halides is 2. The van der Waals surface area contributed by atoms with E-state index in [0.29, 0.717) is 39.6 Å². The van der Waals surface area contributed by atoms with E-state index in [9.17, 15) is 13.2 Å². The van der Waals surface area contributed by atoms with Gasteiger partial charge in [0.2, 0.25) is 11.8 Å². The van der Waals surface area contributed by atoms with Gasteiger partial charge in [0.1, 0.15) is 23.9 Å². The minimum absolute atomic E-state index is 0.0108. The van der Waals surface area contributed by atoms with Gasteiger partial charge in [0, 0.05) is 11.3 Å². The quantitative estimate of drug-likeness (QED) is 0.435. The lowest BCUT2D eigenvalue weighted by molar-refractivity contribution is 0.146. The van der Waals surface area contributed by atoms with Crippen molar-refractivity contribution in [3.63, 3.8) is 0 Å². The third-order valence-electron chi connectivity index (χ3n) is 4.68. The van der Waals surface area contributed by atoms with E-state index in [1.165, 1.54) is 30.3 Å². The Morgan fingerprint density at radius 1 is 0.909 bits per heavy atom. The molecule has 3 aromatic heterocycles. The number of halogens is 3. The Bertz CT molecular complexity index is 1300. The van der Waals surface area contributed by atoms with E-state index in [2.05, 4.69) is 19.9 Å². The fraction of sp³-hybridized carbons (Fsp3) is 0.130. The minimum Gasteiger partial charge on any atom is -0.471 e. The Balaban J connectivity index is 1.89. The van der Waals surface area contributed by atoms with E-state index in [-0.39, 0.29) is 18.4 Å². The van der Waals surface area contributed by atoms with Gasteiger partial charge in [-0.05, 0) is 61.0 Å². The molecule has 0 aliphatic rings. The van der Waals surface area contributed by atoms with Crippen LogP contribution in [0.5, 0.6) is 5.88 Å². The zero-order valence-electron chi connectivity index (χ0n) is 17.5. The highest BCUT2D eigenvalue weighted by atomic mass is 19.3. The number of hydrogen-bond acceptors (Lipinski definition) is 7. The molecule has 0 atom stereocenters. The van der Waals surface area contributed by atoms with Gasteiger partial charge in [0.05, 0.1) is 17.0 Å². The maximum atomic E-state index is 13.5. The molecule has 1 aromatic carbocycles. The van der Waals surface area contributed by atoms with Gasteiger partial charge in [-0.15, -0.1) is 0 Å². The average molecular weight is 452 g/mol. The molecule has 4 rings (SSSR count). The molecule has 33 heavy (non-hydrogen) atoms. The lowest BCUT2D eigenvalue weighted by Gasteiger charge is -2.16. The summed E-state index contributed by atoms with van der Waals surface area (Å²) in [6, 6.07) is 13.5. The zero-order chi connectivity index (χ0) is 23.5. The summed E-state index contributed by atoms with van der Waals surface area (Å²) in [7, 11) is 0. The number of pyridine rings is 2. The Morgan fingerprint density at radius 3 is 2.36 bits per heavy atom. The molecule has 0 unspecified atom stereocenters. The Labute approximate surface area is 187 Å². The molecule has 4 aromatic rings. The van der Waals surface area contributed by atoms with Gasteiger partial charge < -0.3 is 16.2 Å². The van der Waals surface area contributed by atoms with E-state index in [0.717, 1.165) is 0 Å². The SMILES string of the molecule is Cc1cc(-c2c(OCc3cccc(N)n3)nc(N)nc2-c2ccc(F)cc2)cc(C(F)F)n1. The van der Waals surface area contributed by atoms with Crippen molar-refractivity contribution < 1.29 is 17.9 Å². The fourth-order valence-corrected chi connectivity index (χ4v) is 3.31. The van der Waals surface area contributed by atoms with Crippen molar-refractivity contribution in [1.82, 2.24) is 19.9 Å². The van der Waals surface area contributed by atoms with Crippen molar-refractivity contribution in [3.05, 3.63) is 77.5 Å². The van der Waals surface area contributed by atoms with E-state index in [1.54, 1.807) is 31.2 Å². The lowest BCUT2D eigenvalue weighted by atomic mass is 9.99. The van der Waals surface area contributed by atoms with Crippen LogP contribution >= 0.6 is 0 Å². The molecule has 0 saturated heterocycles. The molecular formula is C23H19F3N6O. The van der Waals surface area contributed by atoms with E-state index >= 15 is 0 Å². The molecule has 168 valence electrons. The van der Waals surface area contributed by atoms with Gasteiger partial charge in [-0.25, -0.2) is 23.1 Å². The summed E-state index contributed by atoms with van der Waals surface area (Å²) < 4.78 is 46.4. The maximum Gasteiger partial charge on any atom is 0.280 e. The van der Waals surface area contributed by atoms with Crippen molar-refractivity contribution >= 4 is 11.8 Å². The van der Waals surface area contributed by atoms with E-state index < -0.39 is 17.9 Å². The monoisotopic (exact) mass is 452 g/mol. The number of anilines is 2. The predicted molar refractivity (Wildman–Crippen MR) is 118 cm³/mol. The standard InChI is InChI=1S/C23H19F3N6O/c1-12-9-14(10-17(29-12)21(25)26)19-20(13-5-7-15(24)8-6-13)31-23(28)32-22(19)33-11-16-3-2-4-18(27)30-16/h2-10,21H,11H2,1H3,(H2,27,30)(H2,28,31,32). The number of nitrogen functional groups attached to an aromatic ring is 2. The van der Waals surface area contributed by atoms with Crippen molar-refractivity contribution in [2.75, 3.05) is 11.5 Å². The van der Waals surface area contributed by atoms with Crippen LogP contribution in [-0.2, 0) is 6.61 Å². The first kappa shape index (κ1) is 22.0. The number of benzene rings is 1. The Kier molecular flexibility index (Phi) is 6.07. The van der Waals surface area contributed by atoms with Crippen LogP contribution in [0.3, 0.4) is 0 Å². The van der Waals surface area contributed by atoms with Crippen LogP contribution in [0.4, 0.5) is 24.9 Å². The van der Waals surface area contributed by atoms with Gasteiger partial charge in [0.25, 0.3) is 6.43 Å². The van der Waals surface area contributed by atoms with Gasteiger partial charge in [-0.3, -0.25) is 4.98 Å². The third-order valence-corrected chi connectivity index (χ3v) is 4.68. The summed E-state index contributed by atoms with van der Waals surface area (Å²) in [6.45, 7) is 1.59. The second-order valence-electron chi connectivity index (χ2n) is 7.18. The molecular weight excluding hydrogens is 433 g/mol. The summed E-state index contributed by atoms with van der Waals surface area (Å²) in [4.78, 5) is 16.6. The topological polar surface area (TPSA) is 113 Å². The first-order valence-electron chi connectivity index (χ1n) is 9.85. The molecule has 0 aliphatic carbocycles. The van der Waals surface area contributed by atoms with Gasteiger partial charge in [-0.2, -0.15) is 4.98 Å². The van der Waals surface area contributed by atoms with Crippen LogP contribution in [-0.4, -0.2) is 19.9 Å². The smallest absolute Gasteiger partial charge is 0.280 e. The molecule has 3 heterocycles. The molecule has 0 amide bonds. The summed E-state index contributed by atoms with van der Waals surface area (Å²) in [5, 5.41) is 0. The van der Waals surface area contributed by atoms with Crippen molar-refractivity contribution in [2.24, 2.45) is 0 Å². The van der Waals surface area contributed by atoms with Gasteiger partial charge >= 0.3 is 0 Å². The number of rotatable bonds is 6. The predicted octanol–water partition coefficient (Wildman–Crippen LogP) is 4.73. The minimum atomic E-state index is -2.78. The first-order valence-corrected chi connectivity index (χ1v) is 9.85. The fourth-order valence-electron chi connectivity index (χ4n) is 3.31. The lowest BCUT2D eigenvalue weighted by Crippen LogP contribution is -2.07. The summed E-state index contributed by atoms with van der Waals surface area (Å²) in [5.41, 5.74) is 13.6. The molecule has 4 N–H and O–H groups in total. The van der Waals surface area contributed by atoms with Gasteiger partial charge in [-0.1, -0.05) is 6.07 Å². The summed E-state index contributed by atoms with van der Waals surface area (Å²) >= 11 is 0. The first-order chi connectivity index (χ1) is 15.8. The summed E-state index contributed by atoms with van der Waals surface area (Å²) in [6.07, 6.45) is -2.78. The van der Waals surface area contributed by atoms with Crippen LogP contribution in [0, 0.1) is 12.7 Å². The van der Waals surface area contributed by atoms with Crippen LogP contribution in [0.15, 0.2) is 54.6 Å². The molecule has 10 heteroatoms. The second kappa shape index (κ2) is 9.11. The molecule has 0 fully saturated rings. The molecule has 0 spiro atoms. The molecule has 0 bridgehead atoms. The van der Waals surface area contributed by atoms with Gasteiger partial charge in [0.15, 0.2) is 0 Å². The average Bonchev–Trinajstić information content (AvgIpc) is 2.77. The highest BCUT2D eigenvalue weighted by molar-refractivity contribution is 5.85. The number of aryl methyl sites for hydroxylation is 1. The largest absolute Gasteiger partial charge is 0.471 e. The number of ether oxygens (including phenoxy) is 1. The highest BCUT2D eigenvalue weighted by Crippen LogP contribution is 2.39. The van der Waals surface area contributed by atoms with E-state index in [1.807, 2.05) is 0 Å². The van der Waals surface area contributed by atoms with Crippen LogP contribution in [0.2, 0.25) is 0 Å². The van der Waals surface area contributed by atoms with Crippen molar-refractivity contribution in [3.8, 4) is 28.3 Å². The Hall–Kier alpha value is -4.21. The molecule has 0 aliphatic heterocycles. The van der Waals surface area contributed by atoms with Crippen molar-refractivity contribution in [2.45, 2.75) is 20.0 Å². The number of aromatic nitrogens is 4. The van der Waals surface area contributed by atoms with Crippen molar-refractivity contribution in [1.29, 1.82) is 0 Å². The Morgan fingerprint density at radius 2 is 1.67 bits per heavy atom. The third kappa shape index (κ3) is 5.00. The molecule has 0 saturated carbocycles. The molecule has 7 nitrogen and oxygen atoms in total. The van der Waals surface area contributed by atoms with Crippen LogP contribution < -0.4 is 16.2 Å². The number of nitrogens with two attached hydrogens (primary N) is 2. The second-order valence-corrected chi connectivity index (χ2v) is 7.18. The zero-order valence-corrected chi connectivity index (χ0v) is 17.5. The highest BCUT2D eigenvalue weighted by Gasteiger charge is 2.21. The summed E-state index contributed by atoms with van der Waals surface area (Å²) in [5.74, 6) is -0.173. The number of hydrogen-bond donors (Lipinski definition) is 2. The van der Waals surface area contributed by atoms with Crippen LogP contribution in [0.25, 0.3) is 22.4 Å². The maximum absolute atomic E-state index is 13.5. The van der Waals surface area contributed by atoms with E-state index in [4.69, 9.17) is 16.2 Å². The van der Waals surface area contributed by atoms with Crippen LogP contribution in [0.1, 0.15) is 23.5 Å². The number of nitrogens with zero attached hydrogens (tertiary/aromatic N) is 4. The normalized spacial score (nSPS) is 11.1.